The lowest BCUT2D eigenvalue weighted by atomic mass is 10.0. The predicted molar refractivity (Wildman–Crippen MR) is 119 cm³/mol. The minimum atomic E-state index is 1.06. The van der Waals surface area contributed by atoms with Crippen molar-refractivity contribution in [1.29, 1.82) is 0 Å². The van der Waals surface area contributed by atoms with Crippen molar-refractivity contribution in [2.75, 3.05) is 0 Å². The summed E-state index contributed by atoms with van der Waals surface area (Å²) in [5.41, 5.74) is 7.74. The summed E-state index contributed by atoms with van der Waals surface area (Å²) in [7, 11) is 0. The minimum Gasteiger partial charge on any atom is -0.122 e. The Bertz CT molecular complexity index is 700. The van der Waals surface area contributed by atoms with Gasteiger partial charge in [0.1, 0.15) is 0 Å². The van der Waals surface area contributed by atoms with Crippen molar-refractivity contribution in [2.45, 2.75) is 64.7 Å². The Kier molecular flexibility index (Phi) is 10.8. The molecule has 0 aromatic heterocycles. The van der Waals surface area contributed by atoms with Gasteiger partial charge in [0.25, 0.3) is 0 Å². The first-order valence-electron chi connectivity index (χ1n) is 10.6. The molecule has 0 aliphatic carbocycles. The summed E-state index contributed by atoms with van der Waals surface area (Å²) in [6.45, 7) is 2.27. The molecule has 0 saturated carbocycles. The number of benzene rings is 2. The lowest BCUT2D eigenvalue weighted by Gasteiger charge is -2.01. The number of unbranched alkanes of at least 4 members (excludes halogenated alkanes) is 3. The predicted octanol–water partition coefficient (Wildman–Crippen LogP) is 7.86. The van der Waals surface area contributed by atoms with Gasteiger partial charge in [-0.15, -0.1) is 5.73 Å². The lowest BCUT2D eigenvalue weighted by Crippen LogP contribution is -1.84. The van der Waals surface area contributed by atoms with Crippen LogP contribution in [0.4, 0.5) is 0 Å². The van der Waals surface area contributed by atoms with E-state index >= 15 is 0 Å². The molecule has 0 unspecified atom stereocenters. The van der Waals surface area contributed by atoms with E-state index < -0.39 is 0 Å². The Morgan fingerprint density at radius 2 is 1.41 bits per heavy atom. The lowest BCUT2D eigenvalue weighted by molar-refractivity contribution is 0.668. The van der Waals surface area contributed by atoms with Gasteiger partial charge in [0.15, 0.2) is 0 Å². The van der Waals surface area contributed by atoms with Crippen LogP contribution in [0.25, 0.3) is 0 Å². The fourth-order valence-corrected chi connectivity index (χ4v) is 3.15. The molecule has 0 saturated heterocycles. The van der Waals surface area contributed by atoms with E-state index in [0.717, 1.165) is 32.1 Å². The summed E-state index contributed by atoms with van der Waals surface area (Å²) < 4.78 is 0. The van der Waals surface area contributed by atoms with E-state index in [-0.39, 0.29) is 0 Å². The van der Waals surface area contributed by atoms with E-state index in [1.54, 1.807) is 0 Å². The van der Waals surface area contributed by atoms with Crippen molar-refractivity contribution in [1.82, 2.24) is 0 Å². The van der Waals surface area contributed by atoms with E-state index in [9.17, 15) is 0 Å². The number of hydrogen-bond acceptors (Lipinski definition) is 0. The molecule has 0 bridgehead atoms. The number of allylic oxidation sites excluding steroid dienone is 3. The summed E-state index contributed by atoms with van der Waals surface area (Å²) in [5, 5.41) is 0. The Hall–Kier alpha value is -2.30. The van der Waals surface area contributed by atoms with Gasteiger partial charge in [0, 0.05) is 0 Å². The maximum absolute atomic E-state index is 3.57. The van der Waals surface area contributed by atoms with E-state index in [1.807, 2.05) is 0 Å². The van der Waals surface area contributed by atoms with Crippen molar-refractivity contribution in [3.05, 3.63) is 101 Å². The summed E-state index contributed by atoms with van der Waals surface area (Å²) in [4.78, 5) is 0. The molecule has 0 N–H and O–H groups in total. The monoisotopic (exact) mass is 358 g/mol. The molecule has 0 heterocycles. The van der Waals surface area contributed by atoms with Crippen LogP contribution in [-0.2, 0) is 12.8 Å². The van der Waals surface area contributed by atoms with Gasteiger partial charge in [-0.3, -0.25) is 0 Å². The largest absolute Gasteiger partial charge is 0.122 e. The van der Waals surface area contributed by atoms with E-state index in [4.69, 9.17) is 0 Å². The van der Waals surface area contributed by atoms with Crippen LogP contribution in [0.3, 0.4) is 0 Å². The average molecular weight is 359 g/mol. The van der Waals surface area contributed by atoms with Gasteiger partial charge in [0.05, 0.1) is 0 Å². The number of aryl methyl sites for hydroxylation is 2. The molecule has 142 valence electrons. The van der Waals surface area contributed by atoms with Crippen LogP contribution < -0.4 is 0 Å². The van der Waals surface area contributed by atoms with Gasteiger partial charge in [-0.05, 0) is 61.3 Å². The fraction of sp³-hybridized carbons (Fsp3) is 0.370. The highest BCUT2D eigenvalue weighted by Crippen LogP contribution is 2.12. The SMILES string of the molecule is CCCCCCC(=C=CCCc1ccccc1)/C=C/CCc1ccccc1. The molecule has 0 aliphatic rings. The van der Waals surface area contributed by atoms with Crippen LogP contribution in [0.15, 0.2) is 90.2 Å². The molecule has 0 atom stereocenters. The molecule has 2 rings (SSSR count). The average Bonchev–Trinajstić information content (AvgIpc) is 2.72. The molecule has 2 aromatic rings. The van der Waals surface area contributed by atoms with Gasteiger partial charge in [-0.25, -0.2) is 0 Å². The van der Waals surface area contributed by atoms with Crippen molar-refractivity contribution >= 4 is 0 Å². The van der Waals surface area contributed by atoms with Crippen molar-refractivity contribution in [3.8, 4) is 0 Å². The molecule has 0 spiro atoms. The zero-order valence-electron chi connectivity index (χ0n) is 16.9. The highest BCUT2D eigenvalue weighted by atomic mass is 14.0. The second-order valence-electron chi connectivity index (χ2n) is 7.14. The first-order valence-corrected chi connectivity index (χ1v) is 10.6. The molecule has 0 nitrogen and oxygen atoms in total. The summed E-state index contributed by atoms with van der Waals surface area (Å²) in [6.07, 6.45) is 17.6. The smallest absolute Gasteiger partial charge is 0.00669 e. The molecular formula is C27H34. The molecule has 0 heteroatoms. The highest BCUT2D eigenvalue weighted by molar-refractivity contribution is 5.20. The standard InChI is InChI=1S/C27H34/c1-2-3-4-7-16-27(23-14-12-21-25-17-8-5-9-18-25)24-15-13-22-26-19-10-6-11-20-26/h5-6,8-11,14-15,17-20,23H,2-4,7,12-13,16,21-22H2,1H3/b23-14+. The topological polar surface area (TPSA) is 0 Å². The molecule has 27 heavy (non-hydrogen) atoms. The third-order valence-electron chi connectivity index (χ3n) is 4.77. The summed E-state index contributed by atoms with van der Waals surface area (Å²) in [5.74, 6) is 0. The first kappa shape index (κ1) is 21.0. The van der Waals surface area contributed by atoms with Gasteiger partial charge in [-0.1, -0.05) is 99.0 Å². The van der Waals surface area contributed by atoms with Gasteiger partial charge in [-0.2, -0.15) is 0 Å². The normalized spacial score (nSPS) is 10.7. The first-order chi connectivity index (χ1) is 13.4. The maximum Gasteiger partial charge on any atom is -0.00669 e. The second-order valence-corrected chi connectivity index (χ2v) is 7.14. The van der Waals surface area contributed by atoms with E-state index in [2.05, 4.69) is 91.5 Å². The van der Waals surface area contributed by atoms with Gasteiger partial charge in [0.2, 0.25) is 0 Å². The van der Waals surface area contributed by atoms with Crippen molar-refractivity contribution in [3.63, 3.8) is 0 Å². The minimum absolute atomic E-state index is 1.06. The fourth-order valence-electron chi connectivity index (χ4n) is 3.15. The molecule has 0 amide bonds. The summed E-state index contributed by atoms with van der Waals surface area (Å²) in [6, 6.07) is 21.4. The van der Waals surface area contributed by atoms with Crippen LogP contribution in [0, 0.1) is 0 Å². The highest BCUT2D eigenvalue weighted by Gasteiger charge is 1.94. The third-order valence-corrected chi connectivity index (χ3v) is 4.77. The Morgan fingerprint density at radius 3 is 2.04 bits per heavy atom. The number of rotatable bonds is 12. The van der Waals surface area contributed by atoms with Crippen molar-refractivity contribution < 1.29 is 0 Å². The van der Waals surface area contributed by atoms with E-state index in [0.29, 0.717) is 0 Å². The van der Waals surface area contributed by atoms with Crippen molar-refractivity contribution in [2.24, 2.45) is 0 Å². The molecule has 0 radical (unpaired) electrons. The number of hydrogen-bond donors (Lipinski definition) is 0. The maximum atomic E-state index is 3.57. The Morgan fingerprint density at radius 1 is 0.778 bits per heavy atom. The summed E-state index contributed by atoms with van der Waals surface area (Å²) >= 11 is 0. The zero-order valence-corrected chi connectivity index (χ0v) is 16.9. The molecule has 0 aliphatic heterocycles. The quantitative estimate of drug-likeness (QED) is 0.206. The van der Waals surface area contributed by atoms with E-state index in [1.165, 1.54) is 42.4 Å². The molecule has 0 fully saturated rings. The Labute approximate surface area is 166 Å². The third kappa shape index (κ3) is 9.83. The van der Waals surface area contributed by atoms with Crippen LogP contribution >= 0.6 is 0 Å². The Balaban J connectivity index is 1.86. The van der Waals surface area contributed by atoms with Crippen LogP contribution in [-0.4, -0.2) is 0 Å². The van der Waals surface area contributed by atoms with Crippen LogP contribution in [0.2, 0.25) is 0 Å². The van der Waals surface area contributed by atoms with Gasteiger partial charge >= 0.3 is 0 Å². The second kappa shape index (κ2) is 13.8. The zero-order chi connectivity index (χ0) is 19.0. The van der Waals surface area contributed by atoms with Crippen LogP contribution in [0.1, 0.15) is 63.0 Å². The molecule has 2 aromatic carbocycles. The molecular weight excluding hydrogens is 324 g/mol. The van der Waals surface area contributed by atoms with Crippen LogP contribution in [0.5, 0.6) is 0 Å². The van der Waals surface area contributed by atoms with Gasteiger partial charge < -0.3 is 0 Å².